The fourth-order valence-corrected chi connectivity index (χ4v) is 3.26. The summed E-state index contributed by atoms with van der Waals surface area (Å²) in [7, 11) is 2.08. The highest BCUT2D eigenvalue weighted by atomic mass is 16.5. The van der Waals surface area contributed by atoms with Crippen molar-refractivity contribution < 1.29 is 4.74 Å². The van der Waals surface area contributed by atoms with E-state index in [0.717, 1.165) is 24.2 Å². The van der Waals surface area contributed by atoms with Crippen molar-refractivity contribution in [1.82, 2.24) is 5.32 Å². The van der Waals surface area contributed by atoms with Crippen LogP contribution in [0, 0.1) is 11.8 Å². The second-order valence-corrected chi connectivity index (χ2v) is 5.79. The molecule has 1 aromatic rings. The maximum absolute atomic E-state index is 5.62. The molecule has 0 aromatic heterocycles. The van der Waals surface area contributed by atoms with Crippen LogP contribution in [0.3, 0.4) is 0 Å². The predicted octanol–water partition coefficient (Wildman–Crippen LogP) is 4.17. The van der Waals surface area contributed by atoms with Gasteiger partial charge in [-0.25, -0.2) is 0 Å². The topological polar surface area (TPSA) is 21.3 Å². The molecule has 106 valence electrons. The Kier molecular flexibility index (Phi) is 5.26. The van der Waals surface area contributed by atoms with E-state index in [-0.39, 0.29) is 0 Å². The highest BCUT2D eigenvalue weighted by Gasteiger charge is 2.26. The molecule has 1 atom stereocenters. The second-order valence-electron chi connectivity index (χ2n) is 5.79. The third-order valence-electron chi connectivity index (χ3n) is 4.37. The smallest absolute Gasteiger partial charge is 0.119 e. The molecule has 2 nitrogen and oxygen atoms in total. The largest absolute Gasteiger partial charge is 0.494 e. The predicted molar refractivity (Wildman–Crippen MR) is 80.5 cm³/mol. The number of hydrogen-bond acceptors (Lipinski definition) is 2. The lowest BCUT2D eigenvalue weighted by Gasteiger charge is -2.33. The first-order valence-corrected chi connectivity index (χ1v) is 7.64. The molecule has 2 rings (SSSR count). The third kappa shape index (κ3) is 3.73. The van der Waals surface area contributed by atoms with E-state index in [1.807, 2.05) is 13.0 Å². The van der Waals surface area contributed by atoms with Crippen molar-refractivity contribution in [3.05, 3.63) is 29.8 Å². The minimum absolute atomic E-state index is 0.466. The zero-order chi connectivity index (χ0) is 13.7. The van der Waals surface area contributed by atoms with Crippen molar-refractivity contribution in [3.63, 3.8) is 0 Å². The molecule has 1 saturated carbocycles. The summed E-state index contributed by atoms with van der Waals surface area (Å²) in [6.45, 7) is 5.14. The summed E-state index contributed by atoms with van der Waals surface area (Å²) in [5.41, 5.74) is 1.37. The molecule has 1 aromatic carbocycles. The lowest BCUT2D eigenvalue weighted by atomic mass is 9.77. The molecule has 0 radical (unpaired) electrons. The van der Waals surface area contributed by atoms with Crippen molar-refractivity contribution in [3.8, 4) is 5.75 Å². The van der Waals surface area contributed by atoms with E-state index in [9.17, 15) is 0 Å². The average molecular weight is 261 g/mol. The molecule has 1 aliphatic rings. The number of benzene rings is 1. The first-order chi connectivity index (χ1) is 9.24. The van der Waals surface area contributed by atoms with Crippen molar-refractivity contribution in [1.29, 1.82) is 0 Å². The Bertz CT molecular complexity index is 383. The molecular formula is C17H27NO. The van der Waals surface area contributed by atoms with Crippen LogP contribution in [-0.4, -0.2) is 13.7 Å². The number of hydrogen-bond donors (Lipinski definition) is 1. The quantitative estimate of drug-likeness (QED) is 0.859. The van der Waals surface area contributed by atoms with E-state index in [1.54, 1.807) is 0 Å². The Balaban J connectivity index is 2.10. The van der Waals surface area contributed by atoms with Gasteiger partial charge in [0.25, 0.3) is 0 Å². The first kappa shape index (κ1) is 14.4. The van der Waals surface area contributed by atoms with Crippen LogP contribution in [0.5, 0.6) is 5.75 Å². The second kappa shape index (κ2) is 6.95. The Morgan fingerprint density at radius 2 is 2.00 bits per heavy atom. The van der Waals surface area contributed by atoms with Gasteiger partial charge in [0.15, 0.2) is 0 Å². The number of nitrogens with one attached hydrogen (secondary N) is 1. The molecule has 1 fully saturated rings. The Morgan fingerprint density at radius 1 is 1.26 bits per heavy atom. The third-order valence-corrected chi connectivity index (χ3v) is 4.37. The van der Waals surface area contributed by atoms with Gasteiger partial charge in [0.05, 0.1) is 6.61 Å². The molecule has 1 unspecified atom stereocenters. The van der Waals surface area contributed by atoms with Crippen LogP contribution in [0.1, 0.15) is 51.1 Å². The average Bonchev–Trinajstić information content (AvgIpc) is 2.43. The first-order valence-electron chi connectivity index (χ1n) is 7.64. The lowest BCUT2D eigenvalue weighted by Crippen LogP contribution is -2.28. The van der Waals surface area contributed by atoms with Crippen molar-refractivity contribution in [2.24, 2.45) is 11.8 Å². The van der Waals surface area contributed by atoms with Gasteiger partial charge in [0.1, 0.15) is 5.75 Å². The summed E-state index contributed by atoms with van der Waals surface area (Å²) in [4.78, 5) is 0. The van der Waals surface area contributed by atoms with E-state index >= 15 is 0 Å². The Morgan fingerprint density at radius 3 is 2.63 bits per heavy atom. The van der Waals surface area contributed by atoms with Gasteiger partial charge in [-0.1, -0.05) is 31.9 Å². The van der Waals surface area contributed by atoms with Crippen LogP contribution < -0.4 is 10.1 Å². The van der Waals surface area contributed by atoms with E-state index in [1.165, 1.54) is 31.2 Å². The minimum atomic E-state index is 0.466. The van der Waals surface area contributed by atoms with Crippen LogP contribution in [0.15, 0.2) is 24.3 Å². The zero-order valence-corrected chi connectivity index (χ0v) is 12.5. The van der Waals surface area contributed by atoms with Crippen LogP contribution in [0.25, 0.3) is 0 Å². The molecule has 1 N–H and O–H groups in total. The summed E-state index contributed by atoms with van der Waals surface area (Å²) >= 11 is 0. The molecule has 0 amide bonds. The fraction of sp³-hybridized carbons (Fsp3) is 0.647. The maximum Gasteiger partial charge on any atom is 0.119 e. The highest BCUT2D eigenvalue weighted by Crippen LogP contribution is 2.37. The lowest BCUT2D eigenvalue weighted by molar-refractivity contribution is 0.237. The Hall–Kier alpha value is -1.02. The molecule has 2 heteroatoms. The van der Waals surface area contributed by atoms with Gasteiger partial charge in [-0.3, -0.25) is 0 Å². The summed E-state index contributed by atoms with van der Waals surface area (Å²) in [6.07, 6.45) is 5.42. The van der Waals surface area contributed by atoms with Gasteiger partial charge in [0.2, 0.25) is 0 Å². The molecule has 0 spiro atoms. The summed E-state index contributed by atoms with van der Waals surface area (Å²) < 4.78 is 5.62. The van der Waals surface area contributed by atoms with Crippen LogP contribution in [0.4, 0.5) is 0 Å². The summed E-state index contributed by atoms with van der Waals surface area (Å²) in [5.74, 6) is 2.66. The highest BCUT2D eigenvalue weighted by molar-refractivity contribution is 5.31. The molecule has 1 aliphatic carbocycles. The zero-order valence-electron chi connectivity index (χ0n) is 12.5. The number of rotatable bonds is 5. The maximum atomic E-state index is 5.62. The summed E-state index contributed by atoms with van der Waals surface area (Å²) in [6, 6.07) is 9.04. The monoisotopic (exact) mass is 261 g/mol. The van der Waals surface area contributed by atoms with Crippen molar-refractivity contribution >= 4 is 0 Å². The van der Waals surface area contributed by atoms with Gasteiger partial charge in [0, 0.05) is 6.04 Å². The molecular weight excluding hydrogens is 234 g/mol. The van der Waals surface area contributed by atoms with E-state index in [2.05, 4.69) is 37.5 Å². The standard InChI is InChI=1S/C17H27NO/c1-4-19-16-7-5-6-15(12-16)17(18-3)14-10-8-13(2)9-11-14/h5-7,12-14,17-18H,4,8-11H2,1-3H3. The molecule has 0 saturated heterocycles. The van der Waals surface area contributed by atoms with Crippen LogP contribution in [0.2, 0.25) is 0 Å². The van der Waals surface area contributed by atoms with Gasteiger partial charge in [-0.2, -0.15) is 0 Å². The van der Waals surface area contributed by atoms with Crippen LogP contribution in [-0.2, 0) is 0 Å². The molecule has 0 heterocycles. The van der Waals surface area contributed by atoms with Gasteiger partial charge >= 0.3 is 0 Å². The Labute approximate surface area is 117 Å². The van der Waals surface area contributed by atoms with Gasteiger partial charge in [-0.05, 0) is 56.3 Å². The van der Waals surface area contributed by atoms with E-state index in [4.69, 9.17) is 4.74 Å². The molecule has 0 bridgehead atoms. The molecule has 0 aliphatic heterocycles. The van der Waals surface area contributed by atoms with Gasteiger partial charge in [-0.15, -0.1) is 0 Å². The normalized spacial score (nSPS) is 25.0. The number of ether oxygens (including phenoxy) is 1. The van der Waals surface area contributed by atoms with Crippen molar-refractivity contribution in [2.75, 3.05) is 13.7 Å². The minimum Gasteiger partial charge on any atom is -0.494 e. The fourth-order valence-electron chi connectivity index (χ4n) is 3.26. The van der Waals surface area contributed by atoms with Gasteiger partial charge < -0.3 is 10.1 Å². The molecule has 19 heavy (non-hydrogen) atoms. The van der Waals surface area contributed by atoms with E-state index < -0.39 is 0 Å². The van der Waals surface area contributed by atoms with Crippen molar-refractivity contribution in [2.45, 2.75) is 45.6 Å². The summed E-state index contributed by atoms with van der Waals surface area (Å²) in [5, 5.41) is 3.52. The van der Waals surface area contributed by atoms with E-state index in [0.29, 0.717) is 6.04 Å². The van der Waals surface area contributed by atoms with Crippen LogP contribution >= 0.6 is 0 Å². The SMILES string of the molecule is CCOc1cccc(C(NC)C2CCC(C)CC2)c1.